The number of nitrogens with one attached hydrogen (secondary N) is 2. The normalized spacial score (nSPS) is 9.50. The predicted octanol–water partition coefficient (Wildman–Crippen LogP) is 13.0. The van der Waals surface area contributed by atoms with Gasteiger partial charge in [0.25, 0.3) is 0 Å². The molecule has 0 bridgehead atoms. The summed E-state index contributed by atoms with van der Waals surface area (Å²) in [7, 11) is 0. The zero-order chi connectivity index (χ0) is 41.7. The molecule has 0 unspecified atom stereocenters. The van der Waals surface area contributed by atoms with Crippen molar-refractivity contribution in [2.75, 3.05) is 52.5 Å². The van der Waals surface area contributed by atoms with Crippen LogP contribution in [0.1, 0.15) is 239 Å². The molecule has 0 aliphatic carbocycles. The van der Waals surface area contributed by atoms with E-state index in [9.17, 15) is 14.7 Å². The number of quaternary nitrogens is 2. The number of unbranched alkanes of at least 4 members (excludes halogenated alkanes) is 30. The Bertz CT molecular complexity index is 688. The summed E-state index contributed by atoms with van der Waals surface area (Å²) in [6, 6.07) is 0. The third kappa shape index (κ3) is 104. The molecule has 0 heterocycles. The summed E-state index contributed by atoms with van der Waals surface area (Å²) < 4.78 is 0. The fourth-order valence-electron chi connectivity index (χ4n) is 6.72. The number of aliphatic hydroxyl groups is 2. The molecule has 0 aliphatic rings. The Kier molecular flexibility index (Phi) is 126. The van der Waals surface area contributed by atoms with Gasteiger partial charge in [-0.25, -0.2) is 0 Å². The molecule has 0 atom stereocenters. The molecule has 0 saturated carbocycles. The maximum Gasteiger partial charge on any atom is 4.00 e. The van der Waals surface area contributed by atoms with E-state index in [2.05, 4.69) is 10.6 Å². The first-order chi connectivity index (χ1) is 27.5. The molecule has 0 aromatic heterocycles. The van der Waals surface area contributed by atoms with Crippen molar-refractivity contribution in [3.63, 3.8) is 0 Å². The summed E-state index contributed by atoms with van der Waals surface area (Å²) in [6.07, 6.45) is 41.6. The van der Waals surface area contributed by atoms with E-state index in [1.54, 1.807) is 0 Å². The zero-order valence-electron chi connectivity index (χ0n) is 40.8. The van der Waals surface area contributed by atoms with Gasteiger partial charge >= 0.3 is 27.0 Å². The standard InChI is InChI=1S/2C16H32O3.C14H32N4.CH4.CH3.4H2N.2Pt/c2*17-15-13-11-9-7-5-3-1-2-4-6-8-10-12-14-16(18)19;15-9-5-1-3-7-11-17-13-14-18-12-8-4-2-6-10-16;;;;;;;;/h2*17H,1-15H2,(H,18,19);15-18H,1-14H2;1H4;1H3;4*1H2;;/q;;-2;;5*-1;;+4/p+1. The van der Waals surface area contributed by atoms with Gasteiger partial charge in [-0.2, -0.15) is 13.1 Å². The van der Waals surface area contributed by atoms with Crippen LogP contribution in [-0.4, -0.2) is 79.7 Å². The molecular weight excluding hydrogens is 1170 g/mol. The van der Waals surface area contributed by atoms with Gasteiger partial charge in [-0.15, -0.1) is 0 Å². The van der Waals surface area contributed by atoms with Gasteiger partial charge in [-0.3, -0.25) is 4.79 Å². The van der Waals surface area contributed by atoms with E-state index in [-0.39, 0.29) is 88.0 Å². The summed E-state index contributed by atoms with van der Waals surface area (Å²) in [5.74, 6) is -1.59. The molecule has 0 saturated heterocycles. The van der Waals surface area contributed by atoms with E-state index < -0.39 is 11.9 Å². The van der Waals surface area contributed by atoms with Crippen LogP contribution < -0.4 is 15.7 Å². The number of nitrogens with two attached hydrogens (primary N) is 6. The minimum atomic E-state index is -0.918. The minimum absolute atomic E-state index is 0. The first-order valence-electron chi connectivity index (χ1n) is 24.0. The van der Waals surface area contributed by atoms with Crippen LogP contribution >= 0.6 is 0 Å². The van der Waals surface area contributed by atoms with E-state index in [0.717, 1.165) is 57.8 Å². The van der Waals surface area contributed by atoms with Gasteiger partial charge in [-0.1, -0.05) is 174 Å². The largest absolute Gasteiger partial charge is 4.00 e. The summed E-state index contributed by atoms with van der Waals surface area (Å²) >= 11 is 0. The van der Waals surface area contributed by atoms with Crippen molar-refractivity contribution in [3.8, 4) is 0 Å². The maximum absolute atomic E-state index is 10.3. The van der Waals surface area contributed by atoms with Crippen LogP contribution in [0.5, 0.6) is 0 Å². The van der Waals surface area contributed by atoms with Crippen molar-refractivity contribution in [1.29, 1.82) is 0 Å². The minimum Gasteiger partial charge on any atom is -0.693 e. The molecule has 0 spiro atoms. The fraction of sp³-hybridized carbons (Fsp3) is 0.938. The molecule has 0 fully saturated rings. The second-order valence-corrected chi connectivity index (χ2v) is 16.0. The Labute approximate surface area is 427 Å². The van der Waals surface area contributed by atoms with Gasteiger partial charge in [0.2, 0.25) is 0 Å². The van der Waals surface area contributed by atoms with Crippen molar-refractivity contribution in [1.82, 2.24) is 0 Å². The van der Waals surface area contributed by atoms with E-state index in [4.69, 9.17) is 26.8 Å². The maximum atomic E-state index is 10.3. The number of rotatable bonds is 45. The molecule has 0 aromatic carbocycles. The van der Waals surface area contributed by atoms with Gasteiger partial charge in [0, 0.05) is 46.7 Å². The van der Waals surface area contributed by atoms with E-state index in [1.807, 2.05) is 0 Å². The smallest absolute Gasteiger partial charge is 0.693 e. The van der Waals surface area contributed by atoms with Crippen LogP contribution in [0.15, 0.2) is 0 Å². The molecule has 0 amide bonds. The van der Waals surface area contributed by atoms with Crippen molar-refractivity contribution in [2.45, 2.75) is 239 Å². The number of carbonyl (C=O) groups is 2. The van der Waals surface area contributed by atoms with E-state index >= 15 is 0 Å². The number of aliphatic hydroxyl groups excluding tert-OH is 2. The monoisotopic (exact) mass is 1290 g/mol. The number of hydrogen-bond acceptors (Lipinski definition) is 5. The topological polar surface area (TPSA) is 333 Å². The molecule has 64 heavy (non-hydrogen) atoms. The number of carbonyl (C=O) groups excluding carboxylic acids is 1. The van der Waals surface area contributed by atoms with Gasteiger partial charge < -0.3 is 79.4 Å². The summed E-state index contributed by atoms with van der Waals surface area (Å²) in [5.41, 5.74) is 14.1. The van der Waals surface area contributed by atoms with Crippen molar-refractivity contribution in [2.24, 2.45) is 0 Å². The van der Waals surface area contributed by atoms with E-state index in [1.165, 1.54) is 187 Å². The van der Waals surface area contributed by atoms with Crippen LogP contribution in [0.3, 0.4) is 0 Å². The van der Waals surface area contributed by atoms with Crippen molar-refractivity contribution >= 4 is 11.9 Å². The molecule has 0 rings (SSSR count). The third-order valence-corrected chi connectivity index (χ3v) is 10.3. The Balaban J connectivity index is -0.0000000689. The fourth-order valence-corrected chi connectivity index (χ4v) is 6.72. The second-order valence-electron chi connectivity index (χ2n) is 16.0. The Morgan fingerprint density at radius 3 is 0.844 bits per heavy atom. The van der Waals surface area contributed by atoms with Gasteiger partial charge in [-0.05, 0) is 57.8 Å². The Hall–Kier alpha value is -0.0834. The van der Waals surface area contributed by atoms with Crippen molar-refractivity contribution < 1.29 is 82.8 Å². The number of hydrogen-bond donors (Lipinski definition) is 5. The molecule has 402 valence electrons. The first kappa shape index (κ1) is 90.4. The van der Waals surface area contributed by atoms with Crippen LogP contribution in [-0.2, 0) is 51.7 Å². The molecule has 0 aliphatic heterocycles. The molecule has 14 nitrogen and oxygen atoms in total. The van der Waals surface area contributed by atoms with Gasteiger partial charge in [0.15, 0.2) is 0 Å². The van der Waals surface area contributed by atoms with Gasteiger partial charge in [0.1, 0.15) is 13.1 Å². The van der Waals surface area contributed by atoms with Crippen LogP contribution in [0, 0.1) is 7.43 Å². The summed E-state index contributed by atoms with van der Waals surface area (Å²) in [5, 5.41) is 40.8. The molecule has 17 N–H and O–H groups in total. The van der Waals surface area contributed by atoms with E-state index in [0.29, 0.717) is 32.7 Å². The number of carboxylic acids is 2. The third-order valence-electron chi connectivity index (χ3n) is 10.3. The second kappa shape index (κ2) is 89.5. The summed E-state index contributed by atoms with van der Waals surface area (Å²) in [4.78, 5) is 20.5. The molecule has 0 radical (unpaired) electrons. The quantitative estimate of drug-likeness (QED) is 0.0291. The predicted molar refractivity (Wildman–Crippen MR) is 269 cm³/mol. The number of aliphatic carboxylic acids is 2. The Morgan fingerprint density at radius 1 is 0.391 bits per heavy atom. The Morgan fingerprint density at radius 2 is 0.609 bits per heavy atom. The zero-order valence-corrected chi connectivity index (χ0v) is 45.3. The molecular formula is C48H112N8O6Pt2-2. The molecule has 0 aromatic rings. The van der Waals surface area contributed by atoms with Crippen LogP contribution in [0.25, 0.3) is 36.1 Å². The first-order valence-corrected chi connectivity index (χ1v) is 24.0. The van der Waals surface area contributed by atoms with Crippen LogP contribution in [0.4, 0.5) is 0 Å². The van der Waals surface area contributed by atoms with Crippen LogP contribution in [0.2, 0.25) is 0 Å². The average Bonchev–Trinajstić information content (AvgIpc) is 3.18. The molecule has 16 heteroatoms. The summed E-state index contributed by atoms with van der Waals surface area (Å²) in [6.45, 7) is 6.87. The van der Waals surface area contributed by atoms with Gasteiger partial charge in [0.05, 0.1) is 13.1 Å². The SMILES string of the molecule is C.O=C(O)CCCCCCCCCCCCCCCO.O=C([O-])CCCCCCCCCCCCCCCO.[CH3-].[NH-]CCCCCC[NH2+]CC[NH2+]CCCCCC[NH-].[NH2-].[NH2-].[NH2-].[NH2-].[Pt+4].[Pt]. The van der Waals surface area contributed by atoms with Crippen molar-refractivity contribution in [3.05, 3.63) is 43.5 Å². The average molecular weight is 1290 g/mol. The number of carboxylic acid groups (broad SMARTS) is 2.